The summed E-state index contributed by atoms with van der Waals surface area (Å²) in [4.78, 5) is 11.5. The summed E-state index contributed by atoms with van der Waals surface area (Å²) in [6.07, 6.45) is 1.04. The fourth-order valence-electron chi connectivity index (χ4n) is 1.62. The topological polar surface area (TPSA) is 25.8 Å². The average Bonchev–Trinajstić information content (AvgIpc) is 2.80. The molecule has 0 unspecified atom stereocenters. The Morgan fingerprint density at radius 1 is 1.33 bits per heavy atom. The van der Waals surface area contributed by atoms with E-state index in [1.807, 2.05) is 0 Å². The third-order valence-corrected chi connectivity index (χ3v) is 5.50. The Balaban J connectivity index is 2.51. The molecule has 2 heterocycles. The van der Waals surface area contributed by atoms with Crippen LogP contribution in [-0.2, 0) is 6.42 Å². The number of aromatic nitrogens is 2. The van der Waals surface area contributed by atoms with Crippen LogP contribution in [0.3, 0.4) is 0 Å². The van der Waals surface area contributed by atoms with Crippen molar-refractivity contribution in [3.05, 3.63) is 31.4 Å². The maximum atomic E-state index is 6.20. The van der Waals surface area contributed by atoms with Crippen LogP contribution >= 0.6 is 45.5 Å². The van der Waals surface area contributed by atoms with E-state index in [2.05, 4.69) is 65.5 Å². The van der Waals surface area contributed by atoms with Crippen LogP contribution in [-0.4, -0.2) is 9.97 Å². The van der Waals surface area contributed by atoms with Crippen molar-refractivity contribution in [2.24, 2.45) is 0 Å². The van der Waals surface area contributed by atoms with Crippen molar-refractivity contribution in [3.8, 4) is 10.7 Å². The highest BCUT2D eigenvalue weighted by Gasteiger charge is 2.15. The van der Waals surface area contributed by atoms with Crippen molar-refractivity contribution in [2.45, 2.75) is 33.1 Å². The summed E-state index contributed by atoms with van der Waals surface area (Å²) < 4.78 is 0.959. The molecule has 0 N–H and O–H groups in total. The second-order valence-corrected chi connectivity index (χ2v) is 6.92. The molecule has 0 aromatic carbocycles. The van der Waals surface area contributed by atoms with E-state index in [-0.39, 0.29) is 0 Å². The summed E-state index contributed by atoms with van der Waals surface area (Å²) in [6.45, 7) is 6.39. The lowest BCUT2D eigenvalue weighted by Gasteiger charge is -2.09. The van der Waals surface area contributed by atoms with Gasteiger partial charge in [-0.15, -0.1) is 11.3 Å². The van der Waals surface area contributed by atoms with E-state index in [1.165, 1.54) is 4.88 Å². The molecule has 0 atom stereocenters. The van der Waals surface area contributed by atoms with E-state index in [1.54, 1.807) is 11.3 Å². The van der Waals surface area contributed by atoms with Crippen molar-refractivity contribution in [1.82, 2.24) is 9.97 Å². The van der Waals surface area contributed by atoms with E-state index in [0.29, 0.717) is 11.1 Å². The zero-order chi connectivity index (χ0) is 13.3. The van der Waals surface area contributed by atoms with Crippen molar-refractivity contribution >= 4 is 45.5 Å². The van der Waals surface area contributed by atoms with Crippen molar-refractivity contribution in [3.63, 3.8) is 0 Å². The Morgan fingerprint density at radius 3 is 2.61 bits per heavy atom. The third kappa shape index (κ3) is 2.86. The lowest BCUT2D eigenvalue weighted by Crippen LogP contribution is -2.01. The van der Waals surface area contributed by atoms with Crippen molar-refractivity contribution < 1.29 is 0 Å². The number of aryl methyl sites for hydroxylation is 1. The predicted octanol–water partition coefficient (Wildman–Crippen LogP) is 5.15. The smallest absolute Gasteiger partial charge is 0.171 e. The van der Waals surface area contributed by atoms with Gasteiger partial charge in [-0.25, -0.2) is 9.97 Å². The molecular formula is C13H14ClIN2S. The Labute approximate surface area is 130 Å². The molecule has 96 valence electrons. The first kappa shape index (κ1) is 14.2. The van der Waals surface area contributed by atoms with Crippen LogP contribution in [0.2, 0.25) is 5.15 Å². The first-order chi connectivity index (χ1) is 8.52. The molecule has 0 saturated heterocycles. The molecule has 2 aromatic heterocycles. The van der Waals surface area contributed by atoms with Crippen LogP contribution in [0.4, 0.5) is 0 Å². The van der Waals surface area contributed by atoms with Crippen LogP contribution in [0.5, 0.6) is 0 Å². The molecule has 2 rings (SSSR count). The zero-order valence-electron chi connectivity index (χ0n) is 10.5. The number of thiophene rings is 1. The quantitative estimate of drug-likeness (QED) is 0.533. The molecule has 0 spiro atoms. The van der Waals surface area contributed by atoms with E-state index < -0.39 is 0 Å². The lowest BCUT2D eigenvalue weighted by atomic mass is 10.1. The summed E-state index contributed by atoms with van der Waals surface area (Å²) in [6, 6.07) is 4.20. The molecule has 0 aliphatic heterocycles. The lowest BCUT2D eigenvalue weighted by molar-refractivity contribution is 0.809. The van der Waals surface area contributed by atoms with Crippen LogP contribution in [0, 0.1) is 3.57 Å². The highest BCUT2D eigenvalue weighted by Crippen LogP contribution is 2.31. The molecule has 5 heteroatoms. The van der Waals surface area contributed by atoms with E-state index in [9.17, 15) is 0 Å². The highest BCUT2D eigenvalue weighted by molar-refractivity contribution is 14.1. The van der Waals surface area contributed by atoms with Gasteiger partial charge in [-0.2, -0.15) is 0 Å². The van der Waals surface area contributed by atoms with Gasteiger partial charge >= 0.3 is 0 Å². The first-order valence-electron chi connectivity index (χ1n) is 5.85. The second-order valence-electron chi connectivity index (χ2n) is 4.31. The summed E-state index contributed by atoms with van der Waals surface area (Å²) in [5, 5.41) is 0.552. The molecule has 2 aromatic rings. The Hall–Kier alpha value is -0.200. The monoisotopic (exact) mass is 392 g/mol. The van der Waals surface area contributed by atoms with Gasteiger partial charge in [-0.3, -0.25) is 0 Å². The minimum absolute atomic E-state index is 0.349. The van der Waals surface area contributed by atoms with E-state index in [4.69, 9.17) is 11.6 Å². The van der Waals surface area contributed by atoms with Crippen LogP contribution < -0.4 is 0 Å². The Morgan fingerprint density at radius 2 is 2.06 bits per heavy atom. The summed E-state index contributed by atoms with van der Waals surface area (Å²) in [5.41, 5.74) is 1.03. The SMILES string of the molecule is CCc1ccc(-c2nc(Cl)c(I)c(C(C)C)n2)s1. The van der Waals surface area contributed by atoms with Gasteiger partial charge in [0.05, 0.1) is 14.1 Å². The standard InChI is InChI=1S/C13H14ClIN2S/c1-4-8-5-6-9(18-8)13-16-11(7(2)3)10(15)12(14)17-13/h5-7H,4H2,1-3H3. The minimum Gasteiger partial charge on any atom is -0.231 e. The van der Waals surface area contributed by atoms with Crippen LogP contribution in [0.15, 0.2) is 12.1 Å². The van der Waals surface area contributed by atoms with E-state index >= 15 is 0 Å². The normalized spacial score (nSPS) is 11.2. The van der Waals surface area contributed by atoms with Gasteiger partial charge in [-0.05, 0) is 47.1 Å². The van der Waals surface area contributed by atoms with E-state index in [0.717, 1.165) is 26.4 Å². The largest absolute Gasteiger partial charge is 0.231 e. The summed E-state index contributed by atoms with van der Waals surface area (Å²) in [5.74, 6) is 1.09. The zero-order valence-corrected chi connectivity index (χ0v) is 14.2. The van der Waals surface area contributed by atoms with Crippen LogP contribution in [0.1, 0.15) is 37.3 Å². The minimum atomic E-state index is 0.349. The molecule has 0 radical (unpaired) electrons. The van der Waals surface area contributed by atoms with Crippen molar-refractivity contribution in [1.29, 1.82) is 0 Å². The molecule has 18 heavy (non-hydrogen) atoms. The second kappa shape index (κ2) is 5.84. The Bertz CT molecular complexity index is 566. The number of nitrogens with zero attached hydrogens (tertiary/aromatic N) is 2. The number of halogens is 2. The predicted molar refractivity (Wildman–Crippen MR) is 86.5 cm³/mol. The fraction of sp³-hybridized carbons (Fsp3) is 0.385. The molecular weight excluding hydrogens is 379 g/mol. The van der Waals surface area contributed by atoms with Crippen molar-refractivity contribution in [2.75, 3.05) is 0 Å². The molecule has 2 nitrogen and oxygen atoms in total. The molecule has 0 bridgehead atoms. The van der Waals surface area contributed by atoms with Gasteiger partial charge in [0.25, 0.3) is 0 Å². The van der Waals surface area contributed by atoms with Gasteiger partial charge in [0, 0.05) is 4.88 Å². The summed E-state index contributed by atoms with van der Waals surface area (Å²) >= 11 is 10.1. The Kier molecular flexibility index (Phi) is 4.61. The molecule has 0 aliphatic carbocycles. The average molecular weight is 393 g/mol. The number of hydrogen-bond acceptors (Lipinski definition) is 3. The van der Waals surface area contributed by atoms with Gasteiger partial charge in [-0.1, -0.05) is 32.4 Å². The molecule has 0 fully saturated rings. The van der Waals surface area contributed by atoms with Crippen LogP contribution in [0.25, 0.3) is 10.7 Å². The molecule has 0 saturated carbocycles. The summed E-state index contributed by atoms with van der Waals surface area (Å²) in [7, 11) is 0. The van der Waals surface area contributed by atoms with Gasteiger partial charge in [0.2, 0.25) is 0 Å². The third-order valence-electron chi connectivity index (χ3n) is 2.61. The molecule has 0 aliphatic rings. The molecule has 0 amide bonds. The first-order valence-corrected chi connectivity index (χ1v) is 8.12. The van der Waals surface area contributed by atoms with Gasteiger partial charge in [0.1, 0.15) is 5.15 Å². The van der Waals surface area contributed by atoms with Gasteiger partial charge in [0.15, 0.2) is 5.82 Å². The number of hydrogen-bond donors (Lipinski definition) is 0. The maximum Gasteiger partial charge on any atom is 0.171 e. The fourth-order valence-corrected chi connectivity index (χ4v) is 3.54. The van der Waals surface area contributed by atoms with Gasteiger partial charge < -0.3 is 0 Å². The maximum absolute atomic E-state index is 6.20. The number of rotatable bonds is 3. The highest BCUT2D eigenvalue weighted by atomic mass is 127.